The smallest absolute Gasteiger partial charge is 0.382 e. The number of hydrogen-bond donors (Lipinski definition) is 2. The molecule has 1 aromatic rings. The molecule has 0 spiro atoms. The first-order valence-corrected chi connectivity index (χ1v) is 5.76. The van der Waals surface area contributed by atoms with E-state index in [1.54, 1.807) is 26.0 Å². The van der Waals surface area contributed by atoms with Gasteiger partial charge in [0.1, 0.15) is 0 Å². The molecule has 96 valence electrons. The van der Waals surface area contributed by atoms with Gasteiger partial charge in [-0.2, -0.15) is 13.2 Å². The minimum absolute atomic E-state index is 0.549. The number of aliphatic hydroxyl groups excluding tert-OH is 1. The number of anilines is 1. The monoisotopic (exact) mass is 311 g/mol. The van der Waals surface area contributed by atoms with Crippen molar-refractivity contribution in [3.05, 3.63) is 27.7 Å². The number of aliphatic hydroxyl groups is 1. The second-order valence-electron chi connectivity index (χ2n) is 3.85. The summed E-state index contributed by atoms with van der Waals surface area (Å²) in [5, 5.41) is 11.5. The lowest BCUT2D eigenvalue weighted by Gasteiger charge is -2.18. The Morgan fingerprint density at radius 2 is 1.76 bits per heavy atom. The molecule has 1 aromatic carbocycles. The standard InChI is InChI=1S/C11H13BrF3NO/c1-6-3-8(12)4-7(2)10(6)16-5-9(17)11(13,14)15/h3-4,9,16-17H,5H2,1-2H3. The zero-order valence-electron chi connectivity index (χ0n) is 9.40. The maximum absolute atomic E-state index is 12.1. The molecule has 1 rings (SSSR count). The van der Waals surface area contributed by atoms with E-state index in [0.717, 1.165) is 15.6 Å². The van der Waals surface area contributed by atoms with Crippen LogP contribution in [0.15, 0.2) is 16.6 Å². The van der Waals surface area contributed by atoms with Crippen molar-refractivity contribution in [2.75, 3.05) is 11.9 Å². The Bertz CT molecular complexity index is 383. The molecule has 0 saturated carbocycles. The number of benzene rings is 1. The first kappa shape index (κ1) is 14.3. The van der Waals surface area contributed by atoms with Crippen molar-refractivity contribution in [3.8, 4) is 0 Å². The number of nitrogens with one attached hydrogen (secondary N) is 1. The molecule has 0 aliphatic rings. The highest BCUT2D eigenvalue weighted by molar-refractivity contribution is 9.10. The van der Waals surface area contributed by atoms with Crippen LogP contribution in [0.5, 0.6) is 0 Å². The van der Waals surface area contributed by atoms with Gasteiger partial charge in [0.05, 0.1) is 0 Å². The molecule has 0 heterocycles. The van der Waals surface area contributed by atoms with Gasteiger partial charge in [0.15, 0.2) is 6.10 Å². The molecular formula is C11H13BrF3NO. The van der Waals surface area contributed by atoms with E-state index < -0.39 is 18.8 Å². The van der Waals surface area contributed by atoms with E-state index >= 15 is 0 Å². The number of aryl methyl sites for hydroxylation is 2. The van der Waals surface area contributed by atoms with Gasteiger partial charge in [-0.05, 0) is 37.1 Å². The van der Waals surface area contributed by atoms with Gasteiger partial charge in [0, 0.05) is 16.7 Å². The molecule has 17 heavy (non-hydrogen) atoms. The van der Waals surface area contributed by atoms with Crippen molar-refractivity contribution in [2.45, 2.75) is 26.1 Å². The highest BCUT2D eigenvalue weighted by Gasteiger charge is 2.37. The largest absolute Gasteiger partial charge is 0.416 e. The van der Waals surface area contributed by atoms with Crippen LogP contribution in [0.25, 0.3) is 0 Å². The summed E-state index contributed by atoms with van der Waals surface area (Å²) in [6.45, 7) is 3.03. The minimum atomic E-state index is -4.59. The Balaban J connectivity index is 2.77. The fourth-order valence-corrected chi connectivity index (χ4v) is 2.19. The van der Waals surface area contributed by atoms with Crippen molar-refractivity contribution < 1.29 is 18.3 Å². The molecule has 0 amide bonds. The van der Waals surface area contributed by atoms with E-state index in [2.05, 4.69) is 21.2 Å². The SMILES string of the molecule is Cc1cc(Br)cc(C)c1NCC(O)C(F)(F)F. The molecule has 6 heteroatoms. The quantitative estimate of drug-likeness (QED) is 0.896. The molecule has 2 nitrogen and oxygen atoms in total. The average Bonchev–Trinajstić information content (AvgIpc) is 2.13. The van der Waals surface area contributed by atoms with Crippen molar-refractivity contribution >= 4 is 21.6 Å². The fourth-order valence-electron chi connectivity index (χ4n) is 1.50. The van der Waals surface area contributed by atoms with E-state index in [1.807, 2.05) is 0 Å². The molecule has 0 fully saturated rings. The Kier molecular flexibility index (Phi) is 4.43. The molecule has 0 radical (unpaired) electrons. The molecule has 2 N–H and O–H groups in total. The van der Waals surface area contributed by atoms with Crippen LogP contribution in [-0.4, -0.2) is 23.9 Å². The van der Waals surface area contributed by atoms with Crippen LogP contribution >= 0.6 is 15.9 Å². The topological polar surface area (TPSA) is 32.3 Å². The van der Waals surface area contributed by atoms with Crippen LogP contribution in [0, 0.1) is 13.8 Å². The Morgan fingerprint density at radius 1 is 1.29 bits per heavy atom. The minimum Gasteiger partial charge on any atom is -0.382 e. The van der Waals surface area contributed by atoms with Crippen LogP contribution in [0.3, 0.4) is 0 Å². The third-order valence-corrected chi connectivity index (χ3v) is 2.81. The van der Waals surface area contributed by atoms with Crippen LogP contribution in [-0.2, 0) is 0 Å². The predicted octanol–water partition coefficient (Wildman–Crippen LogP) is 3.40. The summed E-state index contributed by atoms with van der Waals surface area (Å²) < 4.78 is 37.2. The normalized spacial score (nSPS) is 13.6. The van der Waals surface area contributed by atoms with Crippen LogP contribution in [0.2, 0.25) is 0 Å². The van der Waals surface area contributed by atoms with Crippen molar-refractivity contribution in [3.63, 3.8) is 0 Å². The highest BCUT2D eigenvalue weighted by Crippen LogP contribution is 2.26. The first-order valence-electron chi connectivity index (χ1n) is 4.97. The summed E-state index contributed by atoms with van der Waals surface area (Å²) >= 11 is 3.30. The van der Waals surface area contributed by atoms with Crippen molar-refractivity contribution in [1.29, 1.82) is 0 Å². The molecule has 0 aromatic heterocycles. The molecule has 0 aliphatic heterocycles. The van der Waals surface area contributed by atoms with Gasteiger partial charge in [-0.1, -0.05) is 15.9 Å². The van der Waals surface area contributed by atoms with Crippen LogP contribution in [0.4, 0.5) is 18.9 Å². The molecule has 1 unspecified atom stereocenters. The average molecular weight is 312 g/mol. The Hall–Kier alpha value is -0.750. The van der Waals surface area contributed by atoms with E-state index in [1.165, 1.54) is 0 Å². The van der Waals surface area contributed by atoms with Crippen LogP contribution < -0.4 is 5.32 Å². The Morgan fingerprint density at radius 3 is 2.18 bits per heavy atom. The second-order valence-corrected chi connectivity index (χ2v) is 4.77. The zero-order valence-corrected chi connectivity index (χ0v) is 11.0. The number of hydrogen-bond acceptors (Lipinski definition) is 2. The first-order chi connectivity index (χ1) is 7.71. The van der Waals surface area contributed by atoms with Gasteiger partial charge in [-0.25, -0.2) is 0 Å². The van der Waals surface area contributed by atoms with Gasteiger partial charge in [0.2, 0.25) is 0 Å². The maximum atomic E-state index is 12.1. The third-order valence-electron chi connectivity index (χ3n) is 2.35. The number of rotatable bonds is 3. The lowest BCUT2D eigenvalue weighted by Crippen LogP contribution is -2.35. The number of alkyl halides is 3. The van der Waals surface area contributed by atoms with E-state index in [-0.39, 0.29) is 0 Å². The molecule has 1 atom stereocenters. The van der Waals surface area contributed by atoms with E-state index in [9.17, 15) is 13.2 Å². The second kappa shape index (κ2) is 5.27. The summed E-state index contributed by atoms with van der Waals surface area (Å²) in [6, 6.07) is 3.60. The van der Waals surface area contributed by atoms with Gasteiger partial charge in [-0.15, -0.1) is 0 Å². The fraction of sp³-hybridized carbons (Fsp3) is 0.455. The van der Waals surface area contributed by atoms with Crippen molar-refractivity contribution in [2.24, 2.45) is 0 Å². The summed E-state index contributed by atoms with van der Waals surface area (Å²) in [4.78, 5) is 0. The molecule has 0 saturated heterocycles. The summed E-state index contributed by atoms with van der Waals surface area (Å²) in [5.74, 6) is 0. The van der Waals surface area contributed by atoms with Crippen LogP contribution in [0.1, 0.15) is 11.1 Å². The molecule has 0 aliphatic carbocycles. The Labute approximate surface area is 106 Å². The van der Waals surface area contributed by atoms with Crippen molar-refractivity contribution in [1.82, 2.24) is 0 Å². The van der Waals surface area contributed by atoms with E-state index in [4.69, 9.17) is 5.11 Å². The summed E-state index contributed by atoms with van der Waals surface area (Å²) in [5.41, 5.74) is 2.27. The van der Waals surface area contributed by atoms with Gasteiger partial charge < -0.3 is 10.4 Å². The maximum Gasteiger partial charge on any atom is 0.416 e. The van der Waals surface area contributed by atoms with Gasteiger partial charge in [-0.3, -0.25) is 0 Å². The zero-order chi connectivity index (χ0) is 13.2. The highest BCUT2D eigenvalue weighted by atomic mass is 79.9. The molecular weight excluding hydrogens is 299 g/mol. The van der Waals surface area contributed by atoms with E-state index in [0.29, 0.717) is 5.69 Å². The van der Waals surface area contributed by atoms with Gasteiger partial charge >= 0.3 is 6.18 Å². The summed E-state index contributed by atoms with van der Waals surface area (Å²) in [7, 11) is 0. The molecule has 0 bridgehead atoms. The number of halogens is 4. The lowest BCUT2D eigenvalue weighted by atomic mass is 10.1. The van der Waals surface area contributed by atoms with Gasteiger partial charge in [0.25, 0.3) is 0 Å². The third kappa shape index (κ3) is 3.89. The lowest BCUT2D eigenvalue weighted by molar-refractivity contribution is -0.198. The predicted molar refractivity (Wildman–Crippen MR) is 64.2 cm³/mol. The summed E-state index contributed by atoms with van der Waals surface area (Å²) in [6.07, 6.45) is -6.95.